The van der Waals surface area contributed by atoms with Crippen LogP contribution in [0.5, 0.6) is 0 Å². The minimum absolute atomic E-state index is 0.0445. The number of likely N-dealkylation sites (tertiary alicyclic amines) is 1. The number of oxazole rings is 1. The molecule has 1 fully saturated rings. The monoisotopic (exact) mass is 466 g/mol. The van der Waals surface area contributed by atoms with Gasteiger partial charge in [0, 0.05) is 24.2 Å². The molecule has 4 rings (SSSR count). The zero-order chi connectivity index (χ0) is 19.1. The third-order valence-electron chi connectivity index (χ3n) is 4.94. The van der Waals surface area contributed by atoms with E-state index in [1.807, 2.05) is 4.90 Å². The Kier molecular flexibility index (Phi) is 5.19. The van der Waals surface area contributed by atoms with Crippen LogP contribution in [0.25, 0.3) is 22.6 Å². The molecule has 27 heavy (non-hydrogen) atoms. The van der Waals surface area contributed by atoms with Crippen LogP contribution in [-0.4, -0.2) is 28.9 Å². The average molecular weight is 468 g/mol. The summed E-state index contributed by atoms with van der Waals surface area (Å²) in [4.78, 5) is 19.2. The highest BCUT2D eigenvalue weighted by Gasteiger charge is 2.22. The third-order valence-corrected chi connectivity index (χ3v) is 6.84. The molecule has 4 nitrogen and oxygen atoms in total. The number of fused-ring (bicyclic) bond motifs is 1. The van der Waals surface area contributed by atoms with Crippen LogP contribution < -0.4 is 0 Å². The zero-order valence-corrected chi connectivity index (χ0v) is 17.7. The predicted octanol–water partition coefficient (Wildman–Crippen LogP) is 6.44. The molecule has 1 saturated heterocycles. The number of amides is 1. The number of carbonyl (C=O) groups excluding carboxylic acids is 1. The topological polar surface area (TPSA) is 46.3 Å². The molecule has 0 saturated carbocycles. The van der Waals surface area contributed by atoms with Gasteiger partial charge >= 0.3 is 0 Å². The van der Waals surface area contributed by atoms with E-state index in [-0.39, 0.29) is 5.91 Å². The van der Waals surface area contributed by atoms with Gasteiger partial charge in [0.05, 0.1) is 14.5 Å². The molecule has 1 aliphatic heterocycles. The summed E-state index contributed by atoms with van der Waals surface area (Å²) in [5, 5.41) is 0.963. The van der Waals surface area contributed by atoms with E-state index in [2.05, 4.69) is 27.8 Å². The van der Waals surface area contributed by atoms with Crippen LogP contribution in [0.4, 0.5) is 0 Å². The van der Waals surface area contributed by atoms with Gasteiger partial charge in [-0.3, -0.25) is 4.79 Å². The quantitative estimate of drug-likeness (QED) is 0.407. The Balaban J connectivity index is 1.65. The molecule has 0 N–H and O–H groups in total. The van der Waals surface area contributed by atoms with Crippen LogP contribution >= 0.6 is 39.1 Å². The van der Waals surface area contributed by atoms with Gasteiger partial charge < -0.3 is 9.32 Å². The van der Waals surface area contributed by atoms with Gasteiger partial charge in [-0.1, -0.05) is 30.1 Å². The fourth-order valence-electron chi connectivity index (χ4n) is 3.26. The smallest absolute Gasteiger partial charge is 0.253 e. The highest BCUT2D eigenvalue weighted by molar-refractivity contribution is 9.10. The number of hydrogen-bond donors (Lipinski definition) is 0. The number of piperidine rings is 1. The Morgan fingerprint density at radius 3 is 2.52 bits per heavy atom. The number of hydrogen-bond acceptors (Lipinski definition) is 3. The summed E-state index contributed by atoms with van der Waals surface area (Å²) < 4.78 is 6.46. The summed E-state index contributed by atoms with van der Waals surface area (Å²) >= 11 is 15.7. The highest BCUT2D eigenvalue weighted by atomic mass is 79.9. The first kappa shape index (κ1) is 18.8. The number of aromatic nitrogens is 1. The second-order valence-electron chi connectivity index (χ2n) is 6.93. The fraction of sp³-hybridized carbons (Fsp3) is 0.300. The summed E-state index contributed by atoms with van der Waals surface area (Å²) in [7, 11) is 0. The average Bonchev–Trinajstić information content (AvgIpc) is 3.09. The van der Waals surface area contributed by atoms with Gasteiger partial charge in [-0.25, -0.2) is 4.98 Å². The van der Waals surface area contributed by atoms with Crippen LogP contribution in [0.2, 0.25) is 10.0 Å². The lowest BCUT2D eigenvalue weighted by molar-refractivity contribution is 0.0697. The Labute approximate surface area is 175 Å². The van der Waals surface area contributed by atoms with Gasteiger partial charge in [0.15, 0.2) is 5.58 Å². The van der Waals surface area contributed by atoms with Gasteiger partial charge in [0.2, 0.25) is 5.89 Å². The zero-order valence-electron chi connectivity index (χ0n) is 14.6. The van der Waals surface area contributed by atoms with E-state index in [9.17, 15) is 4.79 Å². The Morgan fingerprint density at radius 2 is 1.85 bits per heavy atom. The predicted molar refractivity (Wildman–Crippen MR) is 111 cm³/mol. The van der Waals surface area contributed by atoms with Gasteiger partial charge in [-0.2, -0.15) is 0 Å². The number of carbonyl (C=O) groups is 1. The van der Waals surface area contributed by atoms with Crippen LogP contribution in [0.3, 0.4) is 0 Å². The van der Waals surface area contributed by atoms with Crippen molar-refractivity contribution in [1.29, 1.82) is 0 Å². The summed E-state index contributed by atoms with van der Waals surface area (Å²) in [6, 6.07) is 8.84. The molecule has 140 valence electrons. The minimum atomic E-state index is 0.0445. The summed E-state index contributed by atoms with van der Waals surface area (Å²) in [5.41, 5.74) is 2.56. The van der Waals surface area contributed by atoms with Crippen molar-refractivity contribution in [1.82, 2.24) is 9.88 Å². The minimum Gasteiger partial charge on any atom is -0.436 e. The molecular formula is C20H17BrCl2N2O2. The van der Waals surface area contributed by atoms with Crippen molar-refractivity contribution in [2.75, 3.05) is 13.1 Å². The molecule has 0 unspecified atom stereocenters. The molecule has 1 amide bonds. The third kappa shape index (κ3) is 3.73. The van der Waals surface area contributed by atoms with Gasteiger partial charge in [-0.15, -0.1) is 0 Å². The van der Waals surface area contributed by atoms with E-state index >= 15 is 0 Å². The van der Waals surface area contributed by atoms with Gasteiger partial charge in [0.1, 0.15) is 5.52 Å². The lowest BCUT2D eigenvalue weighted by Crippen LogP contribution is -2.37. The second-order valence-corrected chi connectivity index (χ2v) is 8.54. The molecule has 7 heteroatoms. The molecule has 0 radical (unpaired) electrons. The molecule has 1 aromatic heterocycles. The molecule has 3 aromatic rings. The maximum atomic E-state index is 12.8. The summed E-state index contributed by atoms with van der Waals surface area (Å²) in [5.74, 6) is 1.14. The van der Waals surface area contributed by atoms with E-state index in [0.29, 0.717) is 48.6 Å². The highest BCUT2D eigenvalue weighted by Crippen LogP contribution is 2.36. The number of benzene rings is 2. The Hall–Kier alpha value is -1.56. The molecule has 0 aliphatic carbocycles. The van der Waals surface area contributed by atoms with Crippen molar-refractivity contribution in [3.8, 4) is 11.5 Å². The normalized spacial score (nSPS) is 15.5. The molecular weight excluding hydrogens is 451 g/mol. The largest absolute Gasteiger partial charge is 0.436 e. The first-order valence-electron chi connectivity index (χ1n) is 8.77. The van der Waals surface area contributed by atoms with Crippen LogP contribution in [0.15, 0.2) is 39.2 Å². The Bertz CT molecular complexity index is 1000. The molecule has 0 atom stereocenters. The van der Waals surface area contributed by atoms with Gasteiger partial charge in [0.25, 0.3) is 5.91 Å². The molecule has 2 aromatic carbocycles. The second kappa shape index (κ2) is 7.46. The fourth-order valence-corrected chi connectivity index (χ4v) is 3.97. The van der Waals surface area contributed by atoms with Crippen molar-refractivity contribution in [3.63, 3.8) is 0 Å². The van der Waals surface area contributed by atoms with Crippen LogP contribution in [0, 0.1) is 5.92 Å². The van der Waals surface area contributed by atoms with Crippen molar-refractivity contribution < 1.29 is 9.21 Å². The first-order valence-corrected chi connectivity index (χ1v) is 10.3. The van der Waals surface area contributed by atoms with E-state index in [0.717, 1.165) is 25.9 Å². The van der Waals surface area contributed by atoms with E-state index in [1.165, 1.54) is 0 Å². The maximum absolute atomic E-state index is 12.8. The Morgan fingerprint density at radius 1 is 1.19 bits per heavy atom. The van der Waals surface area contributed by atoms with E-state index in [4.69, 9.17) is 27.6 Å². The number of rotatable bonds is 2. The van der Waals surface area contributed by atoms with Crippen molar-refractivity contribution in [2.45, 2.75) is 19.8 Å². The molecule has 0 bridgehead atoms. The van der Waals surface area contributed by atoms with Crippen molar-refractivity contribution in [3.05, 3.63) is 50.4 Å². The molecule has 1 aliphatic rings. The molecule has 2 heterocycles. The van der Waals surface area contributed by atoms with E-state index < -0.39 is 0 Å². The summed E-state index contributed by atoms with van der Waals surface area (Å²) in [6.45, 7) is 3.83. The number of nitrogens with zero attached hydrogens (tertiary/aromatic N) is 2. The van der Waals surface area contributed by atoms with Crippen LogP contribution in [0.1, 0.15) is 30.1 Å². The van der Waals surface area contributed by atoms with Gasteiger partial charge in [-0.05, 0) is 65.0 Å². The SMILES string of the molecule is CC1CCN(C(=O)c2ccc3oc(-c4cc(Cl)c(Br)c(Cl)c4)nc3c2)CC1. The lowest BCUT2D eigenvalue weighted by Gasteiger charge is -2.30. The summed E-state index contributed by atoms with van der Waals surface area (Å²) in [6.07, 6.45) is 2.10. The molecule has 0 spiro atoms. The maximum Gasteiger partial charge on any atom is 0.253 e. The standard InChI is InChI=1S/C20H17BrCl2N2O2/c1-11-4-6-25(7-5-11)20(26)12-2-3-17-16(10-12)24-19(27-17)13-8-14(22)18(21)15(23)9-13/h2-3,8-11H,4-7H2,1H3. The number of halogens is 3. The first-order chi connectivity index (χ1) is 12.9. The van der Waals surface area contributed by atoms with Crippen molar-refractivity contribution >= 4 is 56.1 Å². The van der Waals surface area contributed by atoms with E-state index in [1.54, 1.807) is 30.3 Å². The van der Waals surface area contributed by atoms with Crippen LogP contribution in [-0.2, 0) is 0 Å². The van der Waals surface area contributed by atoms with Crippen molar-refractivity contribution in [2.24, 2.45) is 5.92 Å². The lowest BCUT2D eigenvalue weighted by atomic mass is 9.98.